The van der Waals surface area contributed by atoms with E-state index in [0.29, 0.717) is 23.7 Å². The second kappa shape index (κ2) is 9.60. The molecule has 4 nitrogen and oxygen atoms in total. The SMILES string of the molecule is COc1cc(C(=O)Nc2ccc(I)cc2)cc(I)c1OCc1ccc(C)cc1. The highest BCUT2D eigenvalue weighted by atomic mass is 127. The van der Waals surface area contributed by atoms with E-state index >= 15 is 0 Å². The van der Waals surface area contributed by atoms with Gasteiger partial charge < -0.3 is 14.8 Å². The second-order valence-electron chi connectivity index (χ2n) is 6.22. The van der Waals surface area contributed by atoms with Crippen LogP contribution in [0, 0.1) is 14.1 Å². The minimum absolute atomic E-state index is 0.192. The lowest BCUT2D eigenvalue weighted by atomic mass is 10.1. The van der Waals surface area contributed by atoms with Gasteiger partial charge in [-0.1, -0.05) is 29.8 Å². The number of methoxy groups -OCH3 is 1. The van der Waals surface area contributed by atoms with E-state index in [1.807, 2.05) is 36.4 Å². The van der Waals surface area contributed by atoms with Crippen molar-refractivity contribution in [2.24, 2.45) is 0 Å². The summed E-state index contributed by atoms with van der Waals surface area (Å²) in [7, 11) is 1.57. The van der Waals surface area contributed by atoms with Gasteiger partial charge in [0.15, 0.2) is 11.5 Å². The largest absolute Gasteiger partial charge is 0.493 e. The first kappa shape index (κ1) is 20.9. The van der Waals surface area contributed by atoms with Crippen LogP contribution in [-0.2, 0) is 6.61 Å². The first-order chi connectivity index (χ1) is 13.5. The fraction of sp³-hybridized carbons (Fsp3) is 0.136. The van der Waals surface area contributed by atoms with Crippen molar-refractivity contribution < 1.29 is 14.3 Å². The van der Waals surface area contributed by atoms with Gasteiger partial charge in [0, 0.05) is 14.8 Å². The molecule has 0 radical (unpaired) electrons. The number of aryl methyl sites for hydroxylation is 1. The van der Waals surface area contributed by atoms with E-state index in [1.54, 1.807) is 19.2 Å². The Labute approximate surface area is 191 Å². The molecule has 28 heavy (non-hydrogen) atoms. The predicted molar refractivity (Wildman–Crippen MR) is 128 cm³/mol. The summed E-state index contributed by atoms with van der Waals surface area (Å²) in [6.07, 6.45) is 0. The highest BCUT2D eigenvalue weighted by Gasteiger charge is 2.16. The zero-order chi connectivity index (χ0) is 20.1. The molecule has 0 heterocycles. The topological polar surface area (TPSA) is 47.6 Å². The highest BCUT2D eigenvalue weighted by Crippen LogP contribution is 2.34. The van der Waals surface area contributed by atoms with E-state index in [4.69, 9.17) is 9.47 Å². The van der Waals surface area contributed by atoms with Crippen molar-refractivity contribution in [2.75, 3.05) is 12.4 Å². The normalized spacial score (nSPS) is 10.4. The average Bonchev–Trinajstić information content (AvgIpc) is 2.69. The number of halogens is 2. The maximum absolute atomic E-state index is 12.6. The van der Waals surface area contributed by atoms with Gasteiger partial charge in [0.25, 0.3) is 5.91 Å². The van der Waals surface area contributed by atoms with Crippen molar-refractivity contribution in [1.82, 2.24) is 0 Å². The molecule has 3 aromatic rings. The Balaban J connectivity index is 1.77. The van der Waals surface area contributed by atoms with Gasteiger partial charge in [-0.2, -0.15) is 0 Å². The molecule has 3 aromatic carbocycles. The average molecular weight is 599 g/mol. The smallest absolute Gasteiger partial charge is 0.255 e. The van der Waals surface area contributed by atoms with Crippen molar-refractivity contribution in [3.05, 3.63) is 84.5 Å². The lowest BCUT2D eigenvalue weighted by molar-refractivity contribution is 0.102. The molecule has 0 aliphatic carbocycles. The van der Waals surface area contributed by atoms with Gasteiger partial charge in [-0.3, -0.25) is 4.79 Å². The molecule has 0 aliphatic heterocycles. The second-order valence-corrected chi connectivity index (χ2v) is 8.63. The van der Waals surface area contributed by atoms with E-state index in [0.717, 1.165) is 18.4 Å². The third kappa shape index (κ3) is 5.38. The summed E-state index contributed by atoms with van der Waals surface area (Å²) in [5.74, 6) is 0.976. The molecule has 1 N–H and O–H groups in total. The summed E-state index contributed by atoms with van der Waals surface area (Å²) < 4.78 is 13.4. The van der Waals surface area contributed by atoms with Crippen LogP contribution >= 0.6 is 45.2 Å². The number of nitrogens with one attached hydrogen (secondary N) is 1. The molecular formula is C22H19I2NO3. The monoisotopic (exact) mass is 599 g/mol. The molecule has 1 amide bonds. The van der Waals surface area contributed by atoms with Crippen molar-refractivity contribution >= 4 is 56.8 Å². The van der Waals surface area contributed by atoms with Crippen molar-refractivity contribution in [3.63, 3.8) is 0 Å². The minimum Gasteiger partial charge on any atom is -0.493 e. The van der Waals surface area contributed by atoms with Gasteiger partial charge in [0.05, 0.1) is 10.7 Å². The highest BCUT2D eigenvalue weighted by molar-refractivity contribution is 14.1. The van der Waals surface area contributed by atoms with Crippen LogP contribution in [0.15, 0.2) is 60.7 Å². The summed E-state index contributed by atoms with van der Waals surface area (Å²) in [6, 6.07) is 19.3. The van der Waals surface area contributed by atoms with E-state index < -0.39 is 0 Å². The number of anilines is 1. The van der Waals surface area contributed by atoms with Gasteiger partial charge in [0.1, 0.15) is 6.61 Å². The van der Waals surface area contributed by atoms with Gasteiger partial charge in [-0.25, -0.2) is 0 Å². The van der Waals surface area contributed by atoms with Crippen LogP contribution in [0.4, 0.5) is 5.69 Å². The number of benzene rings is 3. The molecule has 0 saturated carbocycles. The Kier molecular flexibility index (Phi) is 7.17. The lowest BCUT2D eigenvalue weighted by Gasteiger charge is -2.15. The number of rotatable bonds is 6. The molecule has 0 atom stereocenters. The van der Waals surface area contributed by atoms with Crippen molar-refractivity contribution in [1.29, 1.82) is 0 Å². The molecule has 6 heteroatoms. The molecule has 144 valence electrons. The Bertz CT molecular complexity index is 970. The molecule has 0 unspecified atom stereocenters. The van der Waals surface area contributed by atoms with Crippen LogP contribution in [0.1, 0.15) is 21.5 Å². The number of carbonyl (C=O) groups is 1. The van der Waals surface area contributed by atoms with Crippen molar-refractivity contribution in [3.8, 4) is 11.5 Å². The number of ether oxygens (including phenoxy) is 2. The summed E-state index contributed by atoms with van der Waals surface area (Å²) in [6.45, 7) is 2.48. The first-order valence-corrected chi connectivity index (χ1v) is 10.7. The van der Waals surface area contributed by atoms with E-state index in [9.17, 15) is 4.79 Å². The number of hydrogen-bond acceptors (Lipinski definition) is 3. The molecule has 3 rings (SSSR count). The van der Waals surface area contributed by atoms with Crippen LogP contribution in [-0.4, -0.2) is 13.0 Å². The summed E-state index contributed by atoms with van der Waals surface area (Å²) in [5, 5.41) is 2.90. The van der Waals surface area contributed by atoms with E-state index in [2.05, 4.69) is 69.6 Å². The molecule has 0 bridgehead atoms. The third-order valence-electron chi connectivity index (χ3n) is 4.10. The van der Waals surface area contributed by atoms with Gasteiger partial charge in [0.2, 0.25) is 0 Å². The minimum atomic E-state index is -0.192. The molecule has 0 aliphatic rings. The van der Waals surface area contributed by atoms with Gasteiger partial charge in [-0.05, 0) is 94.1 Å². The van der Waals surface area contributed by atoms with Crippen LogP contribution in [0.5, 0.6) is 11.5 Å². The first-order valence-electron chi connectivity index (χ1n) is 8.59. The molecule has 0 spiro atoms. The molecule has 0 fully saturated rings. The zero-order valence-electron chi connectivity index (χ0n) is 15.5. The van der Waals surface area contributed by atoms with E-state index in [-0.39, 0.29) is 5.91 Å². The van der Waals surface area contributed by atoms with Crippen LogP contribution in [0.2, 0.25) is 0 Å². The maximum Gasteiger partial charge on any atom is 0.255 e. The molecule has 0 aromatic heterocycles. The van der Waals surface area contributed by atoms with Gasteiger partial charge >= 0.3 is 0 Å². The third-order valence-corrected chi connectivity index (χ3v) is 5.62. The van der Waals surface area contributed by atoms with Crippen molar-refractivity contribution in [2.45, 2.75) is 13.5 Å². The molecule has 0 saturated heterocycles. The summed E-state index contributed by atoms with van der Waals surface area (Å²) in [5.41, 5.74) is 3.55. The van der Waals surface area contributed by atoms with E-state index in [1.165, 1.54) is 5.56 Å². The maximum atomic E-state index is 12.6. The Morgan fingerprint density at radius 3 is 2.32 bits per heavy atom. The Morgan fingerprint density at radius 2 is 1.68 bits per heavy atom. The zero-order valence-corrected chi connectivity index (χ0v) is 19.8. The summed E-state index contributed by atoms with van der Waals surface area (Å²) in [4.78, 5) is 12.6. The van der Waals surface area contributed by atoms with Gasteiger partial charge in [-0.15, -0.1) is 0 Å². The fourth-order valence-corrected chi connectivity index (χ4v) is 3.68. The summed E-state index contributed by atoms with van der Waals surface area (Å²) >= 11 is 4.39. The van der Waals surface area contributed by atoms with Crippen LogP contribution in [0.25, 0.3) is 0 Å². The number of amides is 1. The number of carbonyl (C=O) groups excluding carboxylic acids is 1. The standard InChI is InChI=1S/C22H19I2NO3/c1-14-3-5-15(6-4-14)13-28-21-19(24)11-16(12-20(21)27-2)22(26)25-18-9-7-17(23)8-10-18/h3-12H,13H2,1-2H3,(H,25,26). The number of hydrogen-bond donors (Lipinski definition) is 1. The van der Waals surface area contributed by atoms with Crippen LogP contribution in [0.3, 0.4) is 0 Å². The Hall–Kier alpha value is -1.81. The predicted octanol–water partition coefficient (Wildman–Crippen LogP) is 6.04. The quantitative estimate of drug-likeness (QED) is 0.352. The Morgan fingerprint density at radius 1 is 1.00 bits per heavy atom. The molecular weight excluding hydrogens is 580 g/mol. The van der Waals surface area contributed by atoms with Crippen LogP contribution < -0.4 is 14.8 Å². The fourth-order valence-electron chi connectivity index (χ4n) is 2.57. The lowest BCUT2D eigenvalue weighted by Crippen LogP contribution is -2.13.